The van der Waals surface area contributed by atoms with Crippen LogP contribution < -0.4 is 0 Å². The Labute approximate surface area is 339 Å². The third-order valence-corrected chi connectivity index (χ3v) is 14.7. The Morgan fingerprint density at radius 1 is 0.596 bits per heavy atom. The fourth-order valence-corrected chi connectivity index (χ4v) is 9.71. The molecular weight excluding hydrogens is 732 g/mol. The summed E-state index contributed by atoms with van der Waals surface area (Å²) >= 11 is 0. The molecule has 3 aliphatic rings. The van der Waals surface area contributed by atoms with Gasteiger partial charge in [0, 0.05) is 12.1 Å². The number of rotatable bonds is 15. The molecule has 13 heteroatoms. The lowest BCUT2D eigenvalue weighted by molar-refractivity contribution is -0.194. The van der Waals surface area contributed by atoms with E-state index in [2.05, 4.69) is 0 Å². The quantitative estimate of drug-likeness (QED) is 0.154. The van der Waals surface area contributed by atoms with Gasteiger partial charge in [-0.05, 0) is 113 Å². The highest BCUT2D eigenvalue weighted by Gasteiger charge is 2.67. The average molecular weight is 803 g/mol. The van der Waals surface area contributed by atoms with Crippen LogP contribution in [-0.2, 0) is 38.4 Å². The van der Waals surface area contributed by atoms with E-state index in [9.17, 15) is 49.0 Å². The smallest absolute Gasteiger partial charge is 0.173 e. The van der Waals surface area contributed by atoms with E-state index in [0.29, 0.717) is 17.9 Å². The third-order valence-electron chi connectivity index (χ3n) is 14.7. The second-order valence-electron chi connectivity index (χ2n) is 20.0. The molecule has 57 heavy (non-hydrogen) atoms. The van der Waals surface area contributed by atoms with Crippen molar-refractivity contribution in [3.05, 3.63) is 0 Å². The van der Waals surface area contributed by atoms with Gasteiger partial charge < -0.3 is 15.4 Å². The lowest BCUT2D eigenvalue weighted by atomic mass is 9.51. The zero-order chi connectivity index (χ0) is 44.3. The molecule has 3 rings (SSSR count). The summed E-state index contributed by atoms with van der Waals surface area (Å²) in [5, 5.41) is 34.6. The van der Waals surface area contributed by atoms with E-state index in [1.54, 1.807) is 39.6 Å². The molecule has 0 saturated heterocycles. The maximum absolute atomic E-state index is 15.0. The van der Waals surface area contributed by atoms with Crippen LogP contribution in [0.1, 0.15) is 142 Å². The monoisotopic (exact) mass is 802 g/mol. The van der Waals surface area contributed by atoms with Crippen molar-refractivity contribution in [1.29, 1.82) is 0 Å². The van der Waals surface area contributed by atoms with Gasteiger partial charge in [0.2, 0.25) is 0 Å². The van der Waals surface area contributed by atoms with Gasteiger partial charge in [0.25, 0.3) is 0 Å². The average Bonchev–Trinajstić information content (AvgIpc) is 3.14. The molecule has 0 aromatic carbocycles. The molecule has 3 aliphatic carbocycles. The first kappa shape index (κ1) is 48.5. The Hall–Kier alpha value is -2.84. The minimum absolute atomic E-state index is 0.0765. The molecule has 3 fully saturated rings. The zero-order valence-electron chi connectivity index (χ0n) is 37.1. The van der Waals surface area contributed by atoms with Gasteiger partial charge in [-0.1, -0.05) is 41.5 Å². The van der Waals surface area contributed by atoms with Crippen LogP contribution >= 0.6 is 0 Å². The van der Waals surface area contributed by atoms with Crippen LogP contribution in [-0.4, -0.2) is 115 Å². The Morgan fingerprint density at radius 3 is 1.40 bits per heavy atom. The summed E-state index contributed by atoms with van der Waals surface area (Å²) in [5.41, 5.74) is -10.8. The van der Waals surface area contributed by atoms with Crippen LogP contribution in [0.15, 0.2) is 0 Å². The number of carbonyl (C=O) groups is 8. The second-order valence-corrected chi connectivity index (χ2v) is 20.0. The van der Waals surface area contributed by atoms with Gasteiger partial charge in [-0.3, -0.25) is 43.3 Å². The van der Waals surface area contributed by atoms with Gasteiger partial charge in [-0.25, -0.2) is 0 Å². The highest BCUT2D eigenvalue weighted by Crippen LogP contribution is 2.53. The molecule has 13 nitrogen and oxygen atoms in total. The van der Waals surface area contributed by atoms with Gasteiger partial charge in [-0.15, -0.1) is 0 Å². The zero-order valence-corrected chi connectivity index (χ0v) is 37.1. The Bertz CT molecular complexity index is 1680. The summed E-state index contributed by atoms with van der Waals surface area (Å²) < 4.78 is 0. The number of hydroxylamine groups is 2. The van der Waals surface area contributed by atoms with Crippen LogP contribution in [0.25, 0.3) is 0 Å². The highest BCUT2D eigenvalue weighted by molar-refractivity contribution is 6.31. The topological polar surface area (TPSA) is 204 Å². The van der Waals surface area contributed by atoms with Gasteiger partial charge in [-0.2, -0.15) is 5.06 Å². The minimum Gasteiger partial charge on any atom is -0.392 e. The summed E-state index contributed by atoms with van der Waals surface area (Å²) in [4.78, 5) is 116. The molecule has 0 radical (unpaired) electrons. The first-order valence-electron chi connectivity index (χ1n) is 20.7. The number of aliphatic hydroxyl groups excluding tert-OH is 2. The number of aliphatic hydroxyl groups is 2. The van der Waals surface area contributed by atoms with Crippen molar-refractivity contribution in [2.24, 2.45) is 44.3 Å². The summed E-state index contributed by atoms with van der Waals surface area (Å²) in [5.74, 6) is -7.54. The Morgan fingerprint density at radius 2 is 1.00 bits per heavy atom. The lowest BCUT2D eigenvalue weighted by Gasteiger charge is -2.52. The van der Waals surface area contributed by atoms with Crippen molar-refractivity contribution in [3.63, 3.8) is 0 Å². The van der Waals surface area contributed by atoms with Crippen molar-refractivity contribution >= 4 is 46.3 Å². The van der Waals surface area contributed by atoms with Crippen LogP contribution in [0, 0.1) is 44.3 Å². The molecule has 0 aliphatic heterocycles. The van der Waals surface area contributed by atoms with Gasteiger partial charge in [0.05, 0.1) is 50.7 Å². The number of likely N-dealkylation sites (N-methyl/N-ethyl adjacent to an activating group) is 1. The number of hydrogen-bond acceptors (Lipinski definition) is 13. The fraction of sp³-hybridized carbons (Fsp3) is 0.818. The number of nitrogens with zero attached hydrogens (tertiary/aromatic N) is 2. The van der Waals surface area contributed by atoms with E-state index in [4.69, 9.17) is 0 Å². The minimum atomic E-state index is -2.06. The largest absolute Gasteiger partial charge is 0.392 e. The van der Waals surface area contributed by atoms with Gasteiger partial charge >= 0.3 is 0 Å². The molecule has 3 N–H and O–H groups in total. The summed E-state index contributed by atoms with van der Waals surface area (Å²) in [7, 11) is 1.71. The normalized spacial score (nSPS) is 36.4. The van der Waals surface area contributed by atoms with Crippen LogP contribution in [0.3, 0.4) is 0 Å². The summed E-state index contributed by atoms with van der Waals surface area (Å²) in [6.45, 7) is 22.3. The number of ketones is 8. The molecule has 0 amide bonds. The number of Topliss-reactive ketones (excluding diaryl/α,β-unsaturated/α-hetero) is 8. The SMILES string of the molecule is CCC(C)N(C)C1C(=O)C(C)(CCC2(C)C(=O)C(N(O)C(C)CC)C(=O)C(C)(CCC3(C)C(=O)C(C(O)CC(C)C)C(=O)C(C)(C)C3=O)C2=O)C(=O)C(C)(C)C1O. The standard InChI is InChI=1S/C44H70N2O11/c1-16-24(5)45(15)28-32(50)40(9,10)37(55)42(12,33(28)51)19-21-44(14)35(53)29(46(57)25(6)17-2)34(52)43(13,38(44)56)20-18-41(11)31(49)27(26(47)22-23(3)4)30(48)39(7,8)36(41)54/h23-29,32,47,50,57H,16-22H2,1-15H3. The van der Waals surface area contributed by atoms with E-state index >= 15 is 4.79 Å². The molecule has 322 valence electrons. The first-order valence-corrected chi connectivity index (χ1v) is 20.7. The highest BCUT2D eigenvalue weighted by atomic mass is 16.5. The molecule has 0 aromatic rings. The van der Waals surface area contributed by atoms with Gasteiger partial charge in [0.1, 0.15) is 5.92 Å². The molecule has 11 atom stereocenters. The lowest BCUT2D eigenvalue weighted by Crippen LogP contribution is -2.69. The Kier molecular flexibility index (Phi) is 13.9. The van der Waals surface area contributed by atoms with Crippen LogP contribution in [0.5, 0.6) is 0 Å². The fourth-order valence-electron chi connectivity index (χ4n) is 9.71. The van der Waals surface area contributed by atoms with Crippen LogP contribution in [0.4, 0.5) is 0 Å². The van der Waals surface area contributed by atoms with Crippen molar-refractivity contribution in [2.45, 2.75) is 178 Å². The molecule has 0 aromatic heterocycles. The first-order chi connectivity index (χ1) is 25.8. The Balaban J connectivity index is 2.16. The van der Waals surface area contributed by atoms with E-state index < -0.39 is 121 Å². The molecule has 0 bridgehead atoms. The van der Waals surface area contributed by atoms with E-state index in [-0.39, 0.29) is 37.6 Å². The van der Waals surface area contributed by atoms with Gasteiger partial charge in [0.15, 0.2) is 52.3 Å². The van der Waals surface area contributed by atoms with E-state index in [0.717, 1.165) is 0 Å². The molecule has 0 heterocycles. The maximum Gasteiger partial charge on any atom is 0.173 e. The van der Waals surface area contributed by atoms with Crippen molar-refractivity contribution in [1.82, 2.24) is 9.96 Å². The second kappa shape index (κ2) is 16.3. The third kappa shape index (κ3) is 7.62. The predicted octanol–water partition coefficient (Wildman–Crippen LogP) is 4.56. The number of carbonyl (C=O) groups excluding carboxylic acids is 8. The van der Waals surface area contributed by atoms with Crippen molar-refractivity contribution in [2.75, 3.05) is 7.05 Å². The summed E-state index contributed by atoms with van der Waals surface area (Å²) in [6.07, 6.45) is -3.04. The van der Waals surface area contributed by atoms with Crippen molar-refractivity contribution in [3.8, 4) is 0 Å². The maximum atomic E-state index is 15.0. The molecule has 11 unspecified atom stereocenters. The van der Waals surface area contributed by atoms with Crippen LogP contribution in [0.2, 0.25) is 0 Å². The molecular formula is C44H70N2O11. The summed E-state index contributed by atoms with van der Waals surface area (Å²) in [6, 6.07) is -3.74. The van der Waals surface area contributed by atoms with E-state index in [1.807, 2.05) is 27.7 Å². The van der Waals surface area contributed by atoms with E-state index in [1.165, 1.54) is 41.5 Å². The molecule has 0 spiro atoms. The number of hydrogen-bond donors (Lipinski definition) is 3. The molecule has 3 saturated carbocycles. The predicted molar refractivity (Wildman–Crippen MR) is 212 cm³/mol. The van der Waals surface area contributed by atoms with Crippen molar-refractivity contribution < 1.29 is 53.8 Å².